The van der Waals surface area contributed by atoms with Crippen LogP contribution in [-0.4, -0.2) is 19.9 Å². The fourth-order valence-corrected chi connectivity index (χ4v) is 1.89. The normalized spacial score (nSPS) is 11.4. The van der Waals surface area contributed by atoms with Gasteiger partial charge in [0.15, 0.2) is 5.65 Å². The van der Waals surface area contributed by atoms with Crippen molar-refractivity contribution in [3.05, 3.63) is 48.0 Å². The molecule has 1 aromatic carbocycles. The smallest absolute Gasteiger partial charge is 0.203 e. The van der Waals surface area contributed by atoms with Crippen LogP contribution in [0.5, 0.6) is 0 Å². The topological polar surface area (TPSA) is 79.2 Å². The lowest BCUT2D eigenvalue weighted by molar-refractivity contribution is 0.943. The minimum absolute atomic E-state index is 0.512. The maximum atomic E-state index is 4.18. The molecule has 0 aliphatic carbocycles. The first-order valence-corrected chi connectivity index (χ1v) is 6.46. The average molecular weight is 266 g/mol. The fraction of sp³-hybridized carbons (Fsp3) is 0.214. The molecule has 6 heteroatoms. The number of nitrogens with zero attached hydrogens (tertiary/aromatic N) is 5. The Kier molecular flexibility index (Phi) is 3.45. The van der Waals surface area contributed by atoms with Crippen LogP contribution in [0.1, 0.15) is 18.1 Å². The Balaban J connectivity index is 1.75. The molecule has 6 nitrogen and oxygen atoms in total. The Bertz CT molecular complexity index is 729. The molecule has 0 amide bonds. The minimum Gasteiger partial charge on any atom is -0.340 e. The second kappa shape index (κ2) is 5.56. The molecule has 0 atom stereocenters. The molecule has 0 saturated carbocycles. The zero-order valence-corrected chi connectivity index (χ0v) is 11.1. The highest BCUT2D eigenvalue weighted by molar-refractivity contribution is 5.79. The van der Waals surface area contributed by atoms with Crippen LogP contribution < -0.4 is 0 Å². The van der Waals surface area contributed by atoms with E-state index in [1.807, 2.05) is 0 Å². The maximum absolute atomic E-state index is 4.18. The number of H-pyrrole nitrogens is 1. The lowest BCUT2D eigenvalue weighted by atomic mass is 10.1. The SMILES string of the molecule is CCc1ccc(CN=Nc2ncnc3nc[nH]c23)cc1. The number of rotatable bonds is 4. The molecule has 2 aromatic heterocycles. The van der Waals surface area contributed by atoms with E-state index in [1.165, 1.54) is 11.9 Å². The average Bonchev–Trinajstić information content (AvgIpc) is 2.97. The molecule has 0 fully saturated rings. The summed E-state index contributed by atoms with van der Waals surface area (Å²) in [5, 5.41) is 8.33. The van der Waals surface area contributed by atoms with E-state index in [0.29, 0.717) is 23.5 Å². The molecule has 0 bridgehead atoms. The first-order chi connectivity index (χ1) is 9.86. The second-order valence-corrected chi connectivity index (χ2v) is 4.37. The predicted molar refractivity (Wildman–Crippen MR) is 75.7 cm³/mol. The zero-order chi connectivity index (χ0) is 13.8. The molecule has 100 valence electrons. The van der Waals surface area contributed by atoms with Gasteiger partial charge in [-0.2, -0.15) is 5.11 Å². The van der Waals surface area contributed by atoms with E-state index in [4.69, 9.17) is 0 Å². The Morgan fingerprint density at radius 3 is 2.65 bits per heavy atom. The summed E-state index contributed by atoms with van der Waals surface area (Å²) in [5.74, 6) is 0.512. The van der Waals surface area contributed by atoms with E-state index in [9.17, 15) is 0 Å². The number of aromatic amines is 1. The van der Waals surface area contributed by atoms with Gasteiger partial charge in [-0.25, -0.2) is 15.0 Å². The zero-order valence-electron chi connectivity index (χ0n) is 11.1. The third-order valence-corrected chi connectivity index (χ3v) is 3.05. The van der Waals surface area contributed by atoms with Crippen LogP contribution >= 0.6 is 0 Å². The molecule has 0 saturated heterocycles. The van der Waals surface area contributed by atoms with E-state index < -0.39 is 0 Å². The van der Waals surface area contributed by atoms with Crippen LogP contribution in [0, 0.1) is 0 Å². The monoisotopic (exact) mass is 266 g/mol. The molecule has 1 N–H and O–H groups in total. The standard InChI is InChI=1S/C14H14N6/c1-2-10-3-5-11(6-4-10)7-19-20-14-12-13(16-8-15-12)17-9-18-14/h3-6,8-9H,2,7H2,1H3,(H,15,16,17,18). The Labute approximate surface area is 116 Å². The van der Waals surface area contributed by atoms with E-state index in [-0.39, 0.29) is 0 Å². The molecule has 0 spiro atoms. The van der Waals surface area contributed by atoms with Gasteiger partial charge >= 0.3 is 0 Å². The van der Waals surface area contributed by atoms with Crippen molar-refractivity contribution in [2.45, 2.75) is 19.9 Å². The van der Waals surface area contributed by atoms with Crippen LogP contribution in [-0.2, 0) is 13.0 Å². The second-order valence-electron chi connectivity index (χ2n) is 4.37. The minimum atomic E-state index is 0.512. The summed E-state index contributed by atoms with van der Waals surface area (Å²) in [5.41, 5.74) is 3.75. The van der Waals surface area contributed by atoms with Gasteiger partial charge in [0, 0.05) is 0 Å². The summed E-state index contributed by atoms with van der Waals surface area (Å²) in [4.78, 5) is 15.1. The summed E-state index contributed by atoms with van der Waals surface area (Å²) >= 11 is 0. The van der Waals surface area contributed by atoms with Gasteiger partial charge in [0.25, 0.3) is 0 Å². The first kappa shape index (κ1) is 12.4. The fourth-order valence-electron chi connectivity index (χ4n) is 1.89. The van der Waals surface area contributed by atoms with Gasteiger partial charge in [0.1, 0.15) is 11.8 Å². The molecule has 3 aromatic rings. The van der Waals surface area contributed by atoms with Gasteiger partial charge in [0.05, 0.1) is 12.9 Å². The van der Waals surface area contributed by atoms with Gasteiger partial charge in [-0.3, -0.25) is 0 Å². The number of benzene rings is 1. The lowest BCUT2D eigenvalue weighted by Crippen LogP contribution is -1.84. The summed E-state index contributed by atoms with van der Waals surface area (Å²) in [7, 11) is 0. The van der Waals surface area contributed by atoms with Gasteiger partial charge < -0.3 is 4.98 Å². The van der Waals surface area contributed by atoms with E-state index in [0.717, 1.165) is 12.0 Å². The molecule has 0 aliphatic heterocycles. The number of nitrogens with one attached hydrogen (secondary N) is 1. The number of hydrogen-bond donors (Lipinski definition) is 1. The first-order valence-electron chi connectivity index (χ1n) is 6.46. The van der Waals surface area contributed by atoms with Crippen LogP contribution in [0.2, 0.25) is 0 Å². The molecule has 0 aliphatic rings. The summed E-state index contributed by atoms with van der Waals surface area (Å²) < 4.78 is 0. The van der Waals surface area contributed by atoms with Crippen molar-refractivity contribution in [3.8, 4) is 0 Å². The van der Waals surface area contributed by atoms with Crippen molar-refractivity contribution < 1.29 is 0 Å². The highest BCUT2D eigenvalue weighted by Gasteiger charge is 2.03. The molecule has 0 unspecified atom stereocenters. The van der Waals surface area contributed by atoms with Crippen molar-refractivity contribution >= 4 is 17.0 Å². The highest BCUT2D eigenvalue weighted by atomic mass is 15.2. The van der Waals surface area contributed by atoms with Crippen LogP contribution in [0.15, 0.2) is 47.1 Å². The van der Waals surface area contributed by atoms with Crippen molar-refractivity contribution in [3.63, 3.8) is 0 Å². The van der Waals surface area contributed by atoms with Crippen LogP contribution in [0.25, 0.3) is 11.2 Å². The van der Waals surface area contributed by atoms with Crippen molar-refractivity contribution in [1.29, 1.82) is 0 Å². The van der Waals surface area contributed by atoms with Crippen LogP contribution in [0.3, 0.4) is 0 Å². The Morgan fingerprint density at radius 2 is 1.85 bits per heavy atom. The van der Waals surface area contributed by atoms with Gasteiger partial charge in [0.2, 0.25) is 5.82 Å². The van der Waals surface area contributed by atoms with E-state index in [1.54, 1.807) is 6.33 Å². The number of aromatic nitrogens is 4. The number of hydrogen-bond acceptors (Lipinski definition) is 5. The van der Waals surface area contributed by atoms with E-state index >= 15 is 0 Å². The Morgan fingerprint density at radius 1 is 1.05 bits per heavy atom. The number of aryl methyl sites for hydroxylation is 1. The molecule has 2 heterocycles. The van der Waals surface area contributed by atoms with Crippen molar-refractivity contribution in [2.24, 2.45) is 10.2 Å². The third kappa shape index (κ3) is 2.54. The molecule has 0 radical (unpaired) electrons. The van der Waals surface area contributed by atoms with Crippen LogP contribution in [0.4, 0.5) is 5.82 Å². The molecule has 3 rings (SSSR count). The summed E-state index contributed by atoms with van der Waals surface area (Å²) in [6.45, 7) is 2.67. The van der Waals surface area contributed by atoms with Gasteiger partial charge in [-0.05, 0) is 17.5 Å². The number of imidazole rings is 1. The number of azo groups is 1. The van der Waals surface area contributed by atoms with Crippen molar-refractivity contribution in [2.75, 3.05) is 0 Å². The largest absolute Gasteiger partial charge is 0.340 e. The van der Waals surface area contributed by atoms with Crippen molar-refractivity contribution in [1.82, 2.24) is 19.9 Å². The highest BCUT2D eigenvalue weighted by Crippen LogP contribution is 2.18. The van der Waals surface area contributed by atoms with Gasteiger partial charge in [-0.1, -0.05) is 31.2 Å². The predicted octanol–water partition coefficient (Wildman–Crippen LogP) is 3.20. The molecular weight excluding hydrogens is 252 g/mol. The molecule has 20 heavy (non-hydrogen) atoms. The number of fused-ring (bicyclic) bond motifs is 1. The lowest BCUT2D eigenvalue weighted by Gasteiger charge is -1.98. The Hall–Kier alpha value is -2.63. The van der Waals surface area contributed by atoms with Gasteiger partial charge in [-0.15, -0.1) is 5.11 Å². The summed E-state index contributed by atoms with van der Waals surface area (Å²) in [6, 6.07) is 8.37. The maximum Gasteiger partial charge on any atom is 0.203 e. The van der Waals surface area contributed by atoms with E-state index in [2.05, 4.69) is 61.4 Å². The third-order valence-electron chi connectivity index (χ3n) is 3.05. The summed E-state index contributed by atoms with van der Waals surface area (Å²) in [6.07, 6.45) is 4.05. The quantitative estimate of drug-likeness (QED) is 0.736. The molecular formula is C14H14N6.